The van der Waals surface area contributed by atoms with Crippen LogP contribution in [-0.4, -0.2) is 25.8 Å². The van der Waals surface area contributed by atoms with Gasteiger partial charge in [0.2, 0.25) is 0 Å². The number of rotatable bonds is 5. The van der Waals surface area contributed by atoms with Gasteiger partial charge < -0.3 is 15.6 Å². The first kappa shape index (κ1) is 17.8. The number of carbonyl (C=O) groups excluding carboxylic acids is 1. The number of hydrogen-bond acceptors (Lipinski definition) is 5. The van der Waals surface area contributed by atoms with Crippen LogP contribution in [0.1, 0.15) is 15.9 Å². The molecule has 4 heterocycles. The van der Waals surface area contributed by atoms with Crippen LogP contribution in [0.15, 0.2) is 79.4 Å². The maximum absolute atomic E-state index is 12.9. The zero-order chi connectivity index (χ0) is 20.3. The van der Waals surface area contributed by atoms with E-state index in [4.69, 9.17) is 0 Å². The smallest absolute Gasteiger partial charge is 0.260 e. The maximum atomic E-state index is 12.9. The van der Waals surface area contributed by atoms with Crippen molar-refractivity contribution in [1.29, 1.82) is 0 Å². The summed E-state index contributed by atoms with van der Waals surface area (Å²) in [4.78, 5) is 29.0. The SMILES string of the molecule is O=C(Nc1cc2ccccc2cn1)c1cccnc1NCc1ccnc2[nH]ccc12. The average molecular weight is 394 g/mol. The van der Waals surface area contributed by atoms with Crippen LogP contribution in [0, 0.1) is 0 Å². The van der Waals surface area contributed by atoms with Crippen LogP contribution < -0.4 is 10.6 Å². The Kier molecular flexibility index (Phi) is 4.53. The van der Waals surface area contributed by atoms with Crippen molar-refractivity contribution in [3.05, 3.63) is 90.5 Å². The lowest BCUT2D eigenvalue weighted by Gasteiger charge is -2.12. The molecule has 0 atom stereocenters. The maximum Gasteiger partial charge on any atom is 0.260 e. The van der Waals surface area contributed by atoms with Crippen LogP contribution in [0.3, 0.4) is 0 Å². The first-order valence-corrected chi connectivity index (χ1v) is 9.54. The molecule has 0 radical (unpaired) electrons. The van der Waals surface area contributed by atoms with Crippen molar-refractivity contribution in [2.45, 2.75) is 6.54 Å². The highest BCUT2D eigenvalue weighted by Crippen LogP contribution is 2.20. The third-order valence-corrected chi connectivity index (χ3v) is 4.92. The van der Waals surface area contributed by atoms with Gasteiger partial charge in [0.1, 0.15) is 17.3 Å². The van der Waals surface area contributed by atoms with E-state index < -0.39 is 0 Å². The van der Waals surface area contributed by atoms with Gasteiger partial charge in [-0.25, -0.2) is 15.0 Å². The molecule has 1 aromatic carbocycles. The molecule has 3 N–H and O–H groups in total. The molecule has 5 aromatic rings. The number of benzene rings is 1. The van der Waals surface area contributed by atoms with Crippen LogP contribution in [0.5, 0.6) is 0 Å². The Labute approximate surface area is 172 Å². The first-order chi connectivity index (χ1) is 14.8. The van der Waals surface area contributed by atoms with Gasteiger partial charge >= 0.3 is 0 Å². The summed E-state index contributed by atoms with van der Waals surface area (Å²) in [6.45, 7) is 0.516. The van der Waals surface area contributed by atoms with Gasteiger partial charge in [-0.2, -0.15) is 0 Å². The largest absolute Gasteiger partial charge is 0.365 e. The number of anilines is 2. The van der Waals surface area contributed by atoms with Gasteiger partial charge in [-0.3, -0.25) is 4.79 Å². The molecule has 0 aliphatic rings. The molecule has 4 aromatic heterocycles. The van der Waals surface area contributed by atoms with Crippen molar-refractivity contribution >= 4 is 39.3 Å². The number of H-pyrrole nitrogens is 1. The lowest BCUT2D eigenvalue weighted by Crippen LogP contribution is -2.16. The highest BCUT2D eigenvalue weighted by molar-refractivity contribution is 6.07. The number of aromatic amines is 1. The molecule has 0 fully saturated rings. The lowest BCUT2D eigenvalue weighted by molar-refractivity contribution is 0.102. The van der Waals surface area contributed by atoms with Crippen LogP contribution in [0.4, 0.5) is 11.6 Å². The van der Waals surface area contributed by atoms with Crippen molar-refractivity contribution in [3.63, 3.8) is 0 Å². The Hall–Kier alpha value is -4.26. The fraction of sp³-hybridized carbons (Fsp3) is 0.0435. The third kappa shape index (κ3) is 3.44. The van der Waals surface area contributed by atoms with E-state index in [1.807, 2.05) is 48.7 Å². The predicted octanol–water partition coefficient (Wildman–Crippen LogP) is 4.37. The minimum Gasteiger partial charge on any atom is -0.365 e. The van der Waals surface area contributed by atoms with E-state index >= 15 is 0 Å². The number of carbonyl (C=O) groups is 1. The molecule has 0 unspecified atom stereocenters. The highest BCUT2D eigenvalue weighted by Gasteiger charge is 2.14. The van der Waals surface area contributed by atoms with Crippen LogP contribution in [0.25, 0.3) is 21.8 Å². The van der Waals surface area contributed by atoms with Crippen LogP contribution >= 0.6 is 0 Å². The molecule has 0 aliphatic carbocycles. The Morgan fingerprint density at radius 3 is 2.77 bits per heavy atom. The topological polar surface area (TPSA) is 95.6 Å². The van der Waals surface area contributed by atoms with Crippen molar-refractivity contribution in [2.24, 2.45) is 0 Å². The third-order valence-electron chi connectivity index (χ3n) is 4.92. The van der Waals surface area contributed by atoms with Gasteiger partial charge in [-0.1, -0.05) is 24.3 Å². The van der Waals surface area contributed by atoms with E-state index in [0.29, 0.717) is 23.7 Å². The number of nitrogens with zero attached hydrogens (tertiary/aromatic N) is 3. The number of hydrogen-bond donors (Lipinski definition) is 3. The molecule has 0 spiro atoms. The zero-order valence-corrected chi connectivity index (χ0v) is 16.0. The fourth-order valence-electron chi connectivity index (χ4n) is 3.42. The number of nitrogens with one attached hydrogen (secondary N) is 3. The molecule has 0 bridgehead atoms. The molecule has 0 saturated heterocycles. The summed E-state index contributed by atoms with van der Waals surface area (Å²) in [7, 11) is 0. The second-order valence-electron chi connectivity index (χ2n) is 6.83. The van der Waals surface area contributed by atoms with E-state index in [1.165, 1.54) is 0 Å². The molecule has 5 rings (SSSR count). The molecule has 1 amide bonds. The Morgan fingerprint density at radius 2 is 1.83 bits per heavy atom. The first-order valence-electron chi connectivity index (χ1n) is 9.54. The molecule has 7 nitrogen and oxygen atoms in total. The minimum absolute atomic E-state index is 0.269. The summed E-state index contributed by atoms with van der Waals surface area (Å²) in [5.41, 5.74) is 2.34. The van der Waals surface area contributed by atoms with Crippen molar-refractivity contribution in [2.75, 3.05) is 10.6 Å². The minimum atomic E-state index is -0.269. The molecule has 146 valence electrons. The summed E-state index contributed by atoms with van der Waals surface area (Å²) in [5, 5.41) is 9.21. The summed E-state index contributed by atoms with van der Waals surface area (Å²) in [6, 6.07) is 17.2. The second kappa shape index (κ2) is 7.63. The van der Waals surface area contributed by atoms with Gasteiger partial charge in [0.05, 0.1) is 5.56 Å². The Balaban J connectivity index is 1.37. The predicted molar refractivity (Wildman–Crippen MR) is 117 cm³/mol. The molecule has 30 heavy (non-hydrogen) atoms. The number of pyridine rings is 3. The van der Waals surface area contributed by atoms with Crippen molar-refractivity contribution in [1.82, 2.24) is 19.9 Å². The summed E-state index contributed by atoms with van der Waals surface area (Å²) < 4.78 is 0. The second-order valence-corrected chi connectivity index (χ2v) is 6.83. The van der Waals surface area contributed by atoms with E-state index in [9.17, 15) is 4.79 Å². The number of aromatic nitrogens is 4. The van der Waals surface area contributed by atoms with Gasteiger partial charge in [-0.15, -0.1) is 0 Å². The average Bonchev–Trinajstić information content (AvgIpc) is 3.27. The normalized spacial score (nSPS) is 10.9. The Morgan fingerprint density at radius 1 is 0.933 bits per heavy atom. The summed E-state index contributed by atoms with van der Waals surface area (Å²) in [5.74, 6) is 0.739. The van der Waals surface area contributed by atoms with E-state index in [1.54, 1.807) is 30.7 Å². The Bertz CT molecular complexity index is 1360. The molecule has 0 saturated carbocycles. The van der Waals surface area contributed by atoms with Gasteiger partial charge in [0.25, 0.3) is 5.91 Å². The number of fused-ring (bicyclic) bond motifs is 2. The van der Waals surface area contributed by atoms with E-state index in [0.717, 1.165) is 27.4 Å². The van der Waals surface area contributed by atoms with Gasteiger partial charge in [0.15, 0.2) is 0 Å². The summed E-state index contributed by atoms with van der Waals surface area (Å²) in [6.07, 6.45) is 7.02. The fourth-order valence-corrected chi connectivity index (χ4v) is 3.42. The molecular weight excluding hydrogens is 376 g/mol. The summed E-state index contributed by atoms with van der Waals surface area (Å²) >= 11 is 0. The van der Waals surface area contributed by atoms with Crippen molar-refractivity contribution < 1.29 is 4.79 Å². The van der Waals surface area contributed by atoms with E-state index in [-0.39, 0.29) is 5.91 Å². The molecule has 0 aliphatic heterocycles. The van der Waals surface area contributed by atoms with Crippen molar-refractivity contribution in [3.8, 4) is 0 Å². The quantitative estimate of drug-likeness (QED) is 0.411. The number of amides is 1. The zero-order valence-electron chi connectivity index (χ0n) is 16.0. The highest BCUT2D eigenvalue weighted by atomic mass is 16.1. The molecular formula is C23H18N6O. The monoisotopic (exact) mass is 394 g/mol. The molecule has 7 heteroatoms. The van der Waals surface area contributed by atoms with Gasteiger partial charge in [-0.05, 0) is 41.3 Å². The van der Waals surface area contributed by atoms with Crippen LogP contribution in [0.2, 0.25) is 0 Å². The van der Waals surface area contributed by atoms with Crippen LogP contribution in [-0.2, 0) is 6.54 Å². The van der Waals surface area contributed by atoms with E-state index in [2.05, 4.69) is 30.6 Å². The lowest BCUT2D eigenvalue weighted by atomic mass is 10.1. The van der Waals surface area contributed by atoms with Gasteiger partial charge in [0, 0.05) is 42.1 Å². The standard InChI is InChI=1S/C23H18N6O/c30-23(29-20-12-15-4-1-2-5-16(15)13-27-20)19-6-3-9-24-22(19)28-14-17-7-10-25-21-18(17)8-11-26-21/h1-13H,14H2,(H,24,28)(H,25,26)(H,27,29,30).